The Morgan fingerprint density at radius 1 is 1.11 bits per heavy atom. The number of carboxylic acid groups (broad SMARTS) is 1. The zero-order valence-electron chi connectivity index (χ0n) is 15.0. The number of nitrogens with zero attached hydrogens (tertiary/aromatic N) is 5. The maximum absolute atomic E-state index is 10.6. The average Bonchev–Trinajstić information content (AvgIpc) is 3.50. The van der Waals surface area contributed by atoms with Gasteiger partial charge in [0, 0.05) is 50.3 Å². The zero-order chi connectivity index (χ0) is 20.1. The van der Waals surface area contributed by atoms with Gasteiger partial charge in [0.2, 0.25) is 5.95 Å². The van der Waals surface area contributed by atoms with Crippen LogP contribution in [0.3, 0.4) is 0 Å². The van der Waals surface area contributed by atoms with Crippen molar-refractivity contribution < 1.29 is 23.1 Å². The van der Waals surface area contributed by atoms with Gasteiger partial charge < -0.3 is 14.9 Å². The maximum atomic E-state index is 10.6. The first kappa shape index (κ1) is 19.8. The predicted octanol–water partition coefficient (Wildman–Crippen LogP) is 2.74. The van der Waals surface area contributed by atoms with Gasteiger partial charge in [0.25, 0.3) is 0 Å². The summed E-state index contributed by atoms with van der Waals surface area (Å²) in [7, 11) is 0. The number of hydrogen-bond donors (Lipinski definition) is 1. The third-order valence-electron chi connectivity index (χ3n) is 4.42. The van der Waals surface area contributed by atoms with Gasteiger partial charge >= 0.3 is 12.1 Å². The van der Waals surface area contributed by atoms with Crippen molar-refractivity contribution in [2.24, 2.45) is 5.92 Å². The Bertz CT molecular complexity index is 799. The number of pyridine rings is 1. The van der Waals surface area contributed by atoms with E-state index in [0.717, 1.165) is 43.9 Å². The smallest absolute Gasteiger partial charge is 0.475 e. The van der Waals surface area contributed by atoms with E-state index in [1.807, 2.05) is 18.3 Å². The fourth-order valence-corrected chi connectivity index (χ4v) is 2.89. The number of halogens is 3. The summed E-state index contributed by atoms with van der Waals surface area (Å²) in [5, 5.41) is 7.12. The molecule has 28 heavy (non-hydrogen) atoms. The Labute approximate surface area is 159 Å². The van der Waals surface area contributed by atoms with Crippen molar-refractivity contribution in [2.75, 3.05) is 29.4 Å². The summed E-state index contributed by atoms with van der Waals surface area (Å²) < 4.78 is 31.7. The Balaban J connectivity index is 0.000000279. The van der Waals surface area contributed by atoms with Crippen LogP contribution in [0.15, 0.2) is 36.8 Å². The second kappa shape index (κ2) is 8.41. The average molecular weight is 395 g/mol. The number of aromatic nitrogens is 3. The van der Waals surface area contributed by atoms with Gasteiger partial charge in [0.05, 0.1) is 0 Å². The summed E-state index contributed by atoms with van der Waals surface area (Å²) in [6.07, 6.45) is 3.15. The number of rotatable bonds is 3. The van der Waals surface area contributed by atoms with Crippen LogP contribution in [0.1, 0.15) is 18.4 Å². The standard InChI is InChI=1S/C16H19N5.C2HF3O2/c1-3-14-12-21(16-18-7-2-8-19-16)10-9-20(11-13-4-5-13)15(14)17-6-1;3-2(4,5)1(6)7/h1-3,6-8,13H,4-5,9-12H2;(H,6,7). The lowest BCUT2D eigenvalue weighted by Gasteiger charge is -2.23. The van der Waals surface area contributed by atoms with E-state index in [-0.39, 0.29) is 0 Å². The van der Waals surface area contributed by atoms with Crippen LogP contribution >= 0.6 is 0 Å². The van der Waals surface area contributed by atoms with E-state index in [1.165, 1.54) is 18.4 Å². The van der Waals surface area contributed by atoms with Gasteiger partial charge in [-0.2, -0.15) is 13.2 Å². The first-order valence-corrected chi connectivity index (χ1v) is 8.85. The number of hydrogen-bond acceptors (Lipinski definition) is 6. The molecule has 7 nitrogen and oxygen atoms in total. The van der Waals surface area contributed by atoms with Crippen LogP contribution in [0.5, 0.6) is 0 Å². The first-order valence-electron chi connectivity index (χ1n) is 8.85. The molecule has 0 aromatic carbocycles. The Kier molecular flexibility index (Phi) is 5.96. The molecule has 0 atom stereocenters. The van der Waals surface area contributed by atoms with E-state index in [9.17, 15) is 13.2 Å². The Hall–Kier alpha value is -2.91. The minimum absolute atomic E-state index is 0.806. The highest BCUT2D eigenvalue weighted by molar-refractivity contribution is 5.73. The third-order valence-corrected chi connectivity index (χ3v) is 4.42. The number of carbonyl (C=O) groups is 1. The SMILES string of the molecule is O=C(O)C(F)(F)F.c1cnc(N2CCN(CC3CC3)c3ncccc3C2)nc1. The van der Waals surface area contributed by atoms with E-state index in [2.05, 4.69) is 30.8 Å². The molecule has 1 saturated carbocycles. The molecule has 0 unspecified atom stereocenters. The number of aliphatic carboxylic acids is 1. The number of anilines is 2. The van der Waals surface area contributed by atoms with Crippen molar-refractivity contribution >= 4 is 17.7 Å². The molecular weight excluding hydrogens is 375 g/mol. The van der Waals surface area contributed by atoms with Crippen LogP contribution < -0.4 is 9.80 Å². The van der Waals surface area contributed by atoms with E-state index < -0.39 is 12.1 Å². The molecule has 150 valence electrons. The van der Waals surface area contributed by atoms with Crippen molar-refractivity contribution in [2.45, 2.75) is 25.6 Å². The number of carboxylic acids is 1. The molecule has 1 aliphatic heterocycles. The minimum Gasteiger partial charge on any atom is -0.475 e. The van der Waals surface area contributed by atoms with Crippen LogP contribution in [0.2, 0.25) is 0 Å². The molecule has 2 aromatic heterocycles. The van der Waals surface area contributed by atoms with Crippen molar-refractivity contribution in [3.05, 3.63) is 42.4 Å². The fourth-order valence-electron chi connectivity index (χ4n) is 2.89. The molecule has 1 N–H and O–H groups in total. The first-order chi connectivity index (χ1) is 13.3. The van der Waals surface area contributed by atoms with Crippen LogP contribution in [0.4, 0.5) is 24.9 Å². The molecule has 0 bridgehead atoms. The number of fused-ring (bicyclic) bond motifs is 1. The molecule has 4 rings (SSSR count). The summed E-state index contributed by atoms with van der Waals surface area (Å²) in [5.41, 5.74) is 1.27. The molecular formula is C18H20F3N5O2. The highest BCUT2D eigenvalue weighted by Crippen LogP contribution is 2.33. The molecule has 10 heteroatoms. The van der Waals surface area contributed by atoms with Gasteiger partial charge in [0.15, 0.2) is 0 Å². The summed E-state index contributed by atoms with van der Waals surface area (Å²) in [6.45, 7) is 3.88. The van der Waals surface area contributed by atoms with Crippen LogP contribution in [-0.4, -0.2) is 51.8 Å². The molecule has 0 spiro atoms. The second-order valence-electron chi connectivity index (χ2n) is 6.65. The molecule has 1 fully saturated rings. The molecule has 2 aromatic rings. The van der Waals surface area contributed by atoms with E-state index in [0.29, 0.717) is 0 Å². The Morgan fingerprint density at radius 3 is 2.36 bits per heavy atom. The predicted molar refractivity (Wildman–Crippen MR) is 95.9 cm³/mol. The molecule has 0 amide bonds. The lowest BCUT2D eigenvalue weighted by molar-refractivity contribution is -0.192. The fraction of sp³-hybridized carbons (Fsp3) is 0.444. The highest BCUT2D eigenvalue weighted by Gasteiger charge is 2.38. The molecule has 3 heterocycles. The summed E-state index contributed by atoms with van der Waals surface area (Å²) in [4.78, 5) is 27.0. The van der Waals surface area contributed by atoms with Crippen LogP contribution in [-0.2, 0) is 11.3 Å². The largest absolute Gasteiger partial charge is 0.490 e. The summed E-state index contributed by atoms with van der Waals surface area (Å²) in [6, 6.07) is 6.04. The van der Waals surface area contributed by atoms with Crippen molar-refractivity contribution in [3.63, 3.8) is 0 Å². The lowest BCUT2D eigenvalue weighted by Crippen LogP contribution is -2.33. The van der Waals surface area contributed by atoms with E-state index in [1.54, 1.807) is 12.4 Å². The lowest BCUT2D eigenvalue weighted by atomic mass is 10.2. The normalized spacial score (nSPS) is 16.5. The monoisotopic (exact) mass is 395 g/mol. The molecule has 1 aliphatic carbocycles. The summed E-state index contributed by atoms with van der Waals surface area (Å²) >= 11 is 0. The van der Waals surface area contributed by atoms with Gasteiger partial charge in [-0.05, 0) is 30.9 Å². The zero-order valence-corrected chi connectivity index (χ0v) is 15.0. The summed E-state index contributed by atoms with van der Waals surface area (Å²) in [5.74, 6) is 0.0512. The van der Waals surface area contributed by atoms with Crippen LogP contribution in [0, 0.1) is 5.92 Å². The van der Waals surface area contributed by atoms with E-state index in [4.69, 9.17) is 9.90 Å². The van der Waals surface area contributed by atoms with E-state index >= 15 is 0 Å². The Morgan fingerprint density at radius 2 is 1.75 bits per heavy atom. The van der Waals surface area contributed by atoms with Gasteiger partial charge in [-0.25, -0.2) is 19.7 Å². The minimum atomic E-state index is -5.08. The third kappa shape index (κ3) is 5.30. The van der Waals surface area contributed by atoms with Gasteiger partial charge in [0.1, 0.15) is 5.82 Å². The van der Waals surface area contributed by atoms with Gasteiger partial charge in [-0.1, -0.05) is 6.07 Å². The van der Waals surface area contributed by atoms with Gasteiger partial charge in [-0.15, -0.1) is 0 Å². The number of alkyl halides is 3. The highest BCUT2D eigenvalue weighted by atomic mass is 19.4. The topological polar surface area (TPSA) is 82.5 Å². The van der Waals surface area contributed by atoms with Crippen molar-refractivity contribution in [1.29, 1.82) is 0 Å². The quantitative estimate of drug-likeness (QED) is 0.856. The molecule has 0 saturated heterocycles. The van der Waals surface area contributed by atoms with Crippen LogP contribution in [0.25, 0.3) is 0 Å². The van der Waals surface area contributed by atoms with Gasteiger partial charge in [-0.3, -0.25) is 0 Å². The van der Waals surface area contributed by atoms with Crippen molar-refractivity contribution in [1.82, 2.24) is 15.0 Å². The second-order valence-corrected chi connectivity index (χ2v) is 6.65. The van der Waals surface area contributed by atoms with Crippen molar-refractivity contribution in [3.8, 4) is 0 Å². The molecule has 2 aliphatic rings. The maximum Gasteiger partial charge on any atom is 0.490 e. The molecule has 0 radical (unpaired) electrons.